The first-order valence-electron chi connectivity index (χ1n) is 7.32. The van der Waals surface area contributed by atoms with Gasteiger partial charge in [0, 0.05) is 12.0 Å². The topological polar surface area (TPSA) is 49.3 Å². The van der Waals surface area contributed by atoms with Crippen LogP contribution in [-0.4, -0.2) is 28.6 Å². The van der Waals surface area contributed by atoms with Crippen LogP contribution in [0.15, 0.2) is 24.3 Å². The lowest BCUT2D eigenvalue weighted by atomic mass is 10.1. The number of hydrogen-bond donors (Lipinski definition) is 2. The van der Waals surface area contributed by atoms with Crippen molar-refractivity contribution in [1.82, 2.24) is 5.32 Å². The van der Waals surface area contributed by atoms with Crippen LogP contribution in [0, 0.1) is 11.8 Å². The van der Waals surface area contributed by atoms with Crippen molar-refractivity contribution >= 4 is 17.7 Å². The smallest absolute Gasteiger partial charge is 0.233 e. The van der Waals surface area contributed by atoms with Crippen molar-refractivity contribution in [2.75, 3.05) is 12.4 Å². The van der Waals surface area contributed by atoms with Crippen molar-refractivity contribution in [3.8, 4) is 11.8 Å². The van der Waals surface area contributed by atoms with Gasteiger partial charge in [0.05, 0.1) is 17.9 Å². The number of amides is 1. The molecule has 1 aliphatic heterocycles. The summed E-state index contributed by atoms with van der Waals surface area (Å²) in [6, 6.07) is 7.91. The second-order valence-electron chi connectivity index (χ2n) is 5.13. The number of aliphatic hydroxyl groups is 1. The van der Waals surface area contributed by atoms with Crippen LogP contribution in [0.2, 0.25) is 0 Å². The molecule has 0 aromatic heterocycles. The Kier molecular flexibility index (Phi) is 6.16. The van der Waals surface area contributed by atoms with Crippen molar-refractivity contribution in [3.05, 3.63) is 35.4 Å². The monoisotopic (exact) mass is 303 g/mol. The Morgan fingerprint density at radius 2 is 2.24 bits per heavy atom. The Morgan fingerprint density at radius 1 is 1.48 bits per heavy atom. The average molecular weight is 303 g/mol. The molecule has 1 saturated heterocycles. The summed E-state index contributed by atoms with van der Waals surface area (Å²) in [6.45, 7) is 2.09. The Hall–Kier alpha value is -1.44. The molecular formula is C17H21NO2S. The zero-order valence-electron chi connectivity index (χ0n) is 12.3. The molecule has 0 bridgehead atoms. The molecule has 2 atom stereocenters. The van der Waals surface area contributed by atoms with E-state index >= 15 is 0 Å². The molecule has 0 radical (unpaired) electrons. The summed E-state index contributed by atoms with van der Waals surface area (Å²) in [5, 5.41) is 11.9. The first-order valence-corrected chi connectivity index (χ1v) is 8.37. The molecule has 0 aliphatic carbocycles. The lowest BCUT2D eigenvalue weighted by Crippen LogP contribution is -2.33. The van der Waals surface area contributed by atoms with Gasteiger partial charge in [0.25, 0.3) is 0 Å². The predicted octanol–water partition coefficient (Wildman–Crippen LogP) is 2.49. The molecule has 1 amide bonds. The van der Waals surface area contributed by atoms with Crippen molar-refractivity contribution in [2.45, 2.75) is 37.5 Å². The van der Waals surface area contributed by atoms with E-state index in [1.54, 1.807) is 11.8 Å². The highest BCUT2D eigenvalue weighted by atomic mass is 32.2. The molecule has 4 heteroatoms. The van der Waals surface area contributed by atoms with Gasteiger partial charge in [-0.05, 0) is 43.2 Å². The maximum Gasteiger partial charge on any atom is 0.233 e. The minimum Gasteiger partial charge on any atom is -0.395 e. The lowest BCUT2D eigenvalue weighted by molar-refractivity contribution is -0.121. The molecule has 0 spiro atoms. The van der Waals surface area contributed by atoms with Gasteiger partial charge in [-0.1, -0.05) is 24.0 Å². The number of thioether (sulfide) groups is 1. The van der Waals surface area contributed by atoms with E-state index in [1.165, 1.54) is 0 Å². The van der Waals surface area contributed by atoms with Crippen molar-refractivity contribution < 1.29 is 9.90 Å². The number of rotatable bonds is 4. The zero-order chi connectivity index (χ0) is 15.1. The maximum absolute atomic E-state index is 12.1. The van der Waals surface area contributed by atoms with Crippen LogP contribution < -0.4 is 5.32 Å². The van der Waals surface area contributed by atoms with Crippen LogP contribution in [0.1, 0.15) is 43.4 Å². The number of nitrogens with one attached hydrogen (secondary N) is 1. The summed E-state index contributed by atoms with van der Waals surface area (Å²) >= 11 is 1.75. The summed E-state index contributed by atoms with van der Waals surface area (Å²) in [5.41, 5.74) is 2.01. The van der Waals surface area contributed by atoms with E-state index in [0.717, 1.165) is 29.7 Å². The molecule has 1 heterocycles. The van der Waals surface area contributed by atoms with E-state index in [2.05, 4.69) is 17.2 Å². The molecule has 21 heavy (non-hydrogen) atoms. The highest BCUT2D eigenvalue weighted by molar-refractivity contribution is 8.00. The quantitative estimate of drug-likeness (QED) is 0.840. The number of hydrogen-bond acceptors (Lipinski definition) is 3. The third-order valence-electron chi connectivity index (χ3n) is 3.46. The van der Waals surface area contributed by atoms with Gasteiger partial charge in [-0.2, -0.15) is 0 Å². The third kappa shape index (κ3) is 4.80. The zero-order valence-corrected chi connectivity index (χ0v) is 13.1. The van der Waals surface area contributed by atoms with Crippen molar-refractivity contribution in [3.63, 3.8) is 0 Å². The van der Waals surface area contributed by atoms with Gasteiger partial charge in [-0.25, -0.2) is 0 Å². The van der Waals surface area contributed by atoms with E-state index in [4.69, 9.17) is 5.11 Å². The van der Waals surface area contributed by atoms with Gasteiger partial charge < -0.3 is 10.4 Å². The largest absolute Gasteiger partial charge is 0.395 e. The molecule has 112 valence electrons. The van der Waals surface area contributed by atoms with Crippen LogP contribution in [0.5, 0.6) is 0 Å². The van der Waals surface area contributed by atoms with E-state index in [9.17, 15) is 4.79 Å². The van der Waals surface area contributed by atoms with E-state index in [1.807, 2.05) is 31.2 Å². The molecule has 2 N–H and O–H groups in total. The highest BCUT2D eigenvalue weighted by Gasteiger charge is 2.24. The number of aliphatic hydroxyl groups excluding tert-OH is 1. The molecule has 2 rings (SSSR count). The lowest BCUT2D eigenvalue weighted by Gasteiger charge is -2.17. The Labute approximate surface area is 130 Å². The summed E-state index contributed by atoms with van der Waals surface area (Å²) in [5.74, 6) is 7.13. The van der Waals surface area contributed by atoms with Crippen LogP contribution in [0.3, 0.4) is 0 Å². The first kappa shape index (κ1) is 15.9. The Bertz CT molecular complexity index is 524. The van der Waals surface area contributed by atoms with Crippen LogP contribution in [-0.2, 0) is 4.79 Å². The Morgan fingerprint density at radius 3 is 2.86 bits per heavy atom. The van der Waals surface area contributed by atoms with Gasteiger partial charge in [0.2, 0.25) is 5.91 Å². The summed E-state index contributed by atoms with van der Waals surface area (Å²) in [7, 11) is 0. The van der Waals surface area contributed by atoms with E-state index in [-0.39, 0.29) is 23.8 Å². The number of carbonyl (C=O) groups excluding carboxylic acids is 1. The predicted molar refractivity (Wildman–Crippen MR) is 87.1 cm³/mol. The fourth-order valence-electron chi connectivity index (χ4n) is 2.25. The molecular weight excluding hydrogens is 282 g/mol. The van der Waals surface area contributed by atoms with Crippen molar-refractivity contribution in [1.29, 1.82) is 0 Å². The first-order chi connectivity index (χ1) is 10.2. The molecule has 1 aromatic rings. The van der Waals surface area contributed by atoms with Gasteiger partial charge in [-0.15, -0.1) is 11.8 Å². The molecule has 3 nitrogen and oxygen atoms in total. The average Bonchev–Trinajstić information content (AvgIpc) is 3.02. The van der Waals surface area contributed by atoms with Gasteiger partial charge in [0.1, 0.15) is 0 Å². The SMILES string of the molecule is CC(NC(=O)C1CCCS1)c1ccc(C#CCCO)cc1. The van der Waals surface area contributed by atoms with Crippen LogP contribution in [0.4, 0.5) is 0 Å². The van der Waals surface area contributed by atoms with E-state index in [0.29, 0.717) is 6.42 Å². The van der Waals surface area contributed by atoms with Crippen LogP contribution >= 0.6 is 11.8 Å². The molecule has 1 aromatic carbocycles. The molecule has 1 aliphatic rings. The maximum atomic E-state index is 12.1. The van der Waals surface area contributed by atoms with Gasteiger partial charge >= 0.3 is 0 Å². The standard InChI is InChI=1S/C17H21NO2S/c1-13(18-17(20)16-6-4-12-21-16)15-9-7-14(8-10-15)5-2-3-11-19/h7-10,13,16,19H,3-4,6,11-12H2,1H3,(H,18,20). The van der Waals surface area contributed by atoms with E-state index < -0.39 is 0 Å². The summed E-state index contributed by atoms with van der Waals surface area (Å²) < 4.78 is 0. The summed E-state index contributed by atoms with van der Waals surface area (Å²) in [6.07, 6.45) is 2.62. The number of carbonyl (C=O) groups is 1. The fourth-order valence-corrected chi connectivity index (χ4v) is 3.42. The van der Waals surface area contributed by atoms with Gasteiger partial charge in [0.15, 0.2) is 0 Å². The third-order valence-corrected chi connectivity index (χ3v) is 4.84. The fraction of sp³-hybridized carbons (Fsp3) is 0.471. The number of benzene rings is 1. The normalized spacial score (nSPS) is 18.7. The summed E-state index contributed by atoms with van der Waals surface area (Å²) in [4.78, 5) is 12.1. The second-order valence-corrected chi connectivity index (χ2v) is 6.44. The molecule has 2 unspecified atom stereocenters. The minimum atomic E-state index is 0.0122. The van der Waals surface area contributed by atoms with Crippen molar-refractivity contribution in [2.24, 2.45) is 0 Å². The molecule has 1 fully saturated rings. The second kappa shape index (κ2) is 8.11. The minimum absolute atomic E-state index is 0.0122. The van der Waals surface area contributed by atoms with Gasteiger partial charge in [-0.3, -0.25) is 4.79 Å². The molecule has 0 saturated carbocycles. The highest BCUT2D eigenvalue weighted by Crippen LogP contribution is 2.27. The Balaban J connectivity index is 1.91. The van der Waals surface area contributed by atoms with Crippen LogP contribution in [0.25, 0.3) is 0 Å².